The molecule has 1 amide bonds. The second-order valence-electron chi connectivity index (χ2n) is 5.08. The van der Waals surface area contributed by atoms with E-state index in [4.69, 9.17) is 0 Å². The summed E-state index contributed by atoms with van der Waals surface area (Å²) in [5.74, 6) is 5.59. The van der Waals surface area contributed by atoms with E-state index in [1.165, 1.54) is 19.2 Å². The summed E-state index contributed by atoms with van der Waals surface area (Å²) in [5, 5.41) is 6.54. The monoisotopic (exact) mass is 310 g/mol. The Morgan fingerprint density at radius 1 is 1.26 bits per heavy atom. The van der Waals surface area contributed by atoms with Gasteiger partial charge in [0.2, 0.25) is 0 Å². The van der Waals surface area contributed by atoms with Crippen molar-refractivity contribution in [3.63, 3.8) is 0 Å². The van der Waals surface area contributed by atoms with Gasteiger partial charge in [0.15, 0.2) is 0 Å². The molecule has 0 radical (unpaired) electrons. The number of rotatable bonds is 3. The molecule has 2 aromatic rings. The van der Waals surface area contributed by atoms with E-state index in [-0.39, 0.29) is 23.7 Å². The molecule has 0 bridgehead atoms. The van der Waals surface area contributed by atoms with E-state index >= 15 is 0 Å². The molecule has 0 saturated carbocycles. The number of benzene rings is 1. The van der Waals surface area contributed by atoms with E-state index < -0.39 is 0 Å². The fourth-order valence-corrected chi connectivity index (χ4v) is 1.95. The third-order valence-corrected chi connectivity index (χ3v) is 3.14. The van der Waals surface area contributed by atoms with Gasteiger partial charge in [-0.2, -0.15) is 5.10 Å². The van der Waals surface area contributed by atoms with Crippen LogP contribution < -0.4 is 15.8 Å². The first kappa shape index (κ1) is 16.3. The van der Waals surface area contributed by atoms with Gasteiger partial charge >= 0.3 is 0 Å². The number of hydrogen-bond acceptors (Lipinski definition) is 4. The predicted octanol–water partition coefficient (Wildman–Crippen LogP) is 0.628. The molecule has 0 aliphatic heterocycles. The van der Waals surface area contributed by atoms with Gasteiger partial charge in [0.25, 0.3) is 11.5 Å². The Morgan fingerprint density at radius 2 is 2.00 bits per heavy atom. The van der Waals surface area contributed by atoms with E-state index in [0.29, 0.717) is 0 Å². The van der Waals surface area contributed by atoms with Crippen LogP contribution in [-0.2, 0) is 7.05 Å². The van der Waals surface area contributed by atoms with Crippen LogP contribution in [0, 0.1) is 11.8 Å². The highest BCUT2D eigenvalue weighted by Gasteiger charge is 2.06. The molecule has 1 N–H and O–H groups in total. The first-order chi connectivity index (χ1) is 11.0. The molecule has 6 nitrogen and oxygen atoms in total. The second-order valence-corrected chi connectivity index (χ2v) is 5.08. The van der Waals surface area contributed by atoms with Crippen molar-refractivity contribution < 1.29 is 4.79 Å². The van der Waals surface area contributed by atoms with Gasteiger partial charge in [-0.3, -0.25) is 9.59 Å². The third kappa shape index (κ3) is 4.20. The van der Waals surface area contributed by atoms with Crippen LogP contribution in [0.15, 0.2) is 41.2 Å². The Bertz CT molecular complexity index is 828. The molecular weight excluding hydrogens is 292 g/mol. The summed E-state index contributed by atoms with van der Waals surface area (Å²) in [7, 11) is 5.40. The quantitative estimate of drug-likeness (QED) is 0.844. The number of carbonyl (C=O) groups is 1. The molecule has 6 heteroatoms. The zero-order chi connectivity index (χ0) is 16.8. The van der Waals surface area contributed by atoms with Gasteiger partial charge in [-0.05, 0) is 18.2 Å². The van der Waals surface area contributed by atoms with Crippen molar-refractivity contribution >= 4 is 11.6 Å². The number of nitrogens with zero attached hydrogens (tertiary/aromatic N) is 3. The first-order valence-corrected chi connectivity index (χ1v) is 7.07. The molecule has 0 aliphatic carbocycles. The van der Waals surface area contributed by atoms with Crippen LogP contribution in [0.25, 0.3) is 0 Å². The smallest absolute Gasteiger partial charge is 0.272 e. The Hall–Kier alpha value is -3.07. The summed E-state index contributed by atoms with van der Waals surface area (Å²) in [4.78, 5) is 25.2. The summed E-state index contributed by atoms with van der Waals surface area (Å²) >= 11 is 0. The van der Waals surface area contributed by atoms with Crippen LogP contribution >= 0.6 is 0 Å². The summed E-state index contributed by atoms with van der Waals surface area (Å²) in [6.07, 6.45) is 0. The van der Waals surface area contributed by atoms with Gasteiger partial charge in [0.05, 0.1) is 12.2 Å². The van der Waals surface area contributed by atoms with Gasteiger partial charge in [-0.15, -0.1) is 0 Å². The van der Waals surface area contributed by atoms with E-state index in [9.17, 15) is 9.59 Å². The number of nitrogens with one attached hydrogen (secondary N) is 1. The van der Waals surface area contributed by atoms with Gasteiger partial charge in [-0.25, -0.2) is 4.68 Å². The van der Waals surface area contributed by atoms with Crippen molar-refractivity contribution in [2.24, 2.45) is 7.05 Å². The fourth-order valence-electron chi connectivity index (χ4n) is 1.95. The topological polar surface area (TPSA) is 67.2 Å². The molecule has 1 aromatic heterocycles. The molecule has 0 saturated heterocycles. The van der Waals surface area contributed by atoms with Crippen LogP contribution in [0.2, 0.25) is 0 Å². The lowest BCUT2D eigenvalue weighted by Crippen LogP contribution is -2.28. The van der Waals surface area contributed by atoms with E-state index in [1.807, 2.05) is 43.3 Å². The molecule has 0 atom stereocenters. The molecule has 0 fully saturated rings. The lowest BCUT2D eigenvalue weighted by Gasteiger charge is -2.13. The first-order valence-electron chi connectivity index (χ1n) is 7.07. The van der Waals surface area contributed by atoms with Crippen molar-refractivity contribution in [1.82, 2.24) is 15.1 Å². The number of carbonyl (C=O) groups excluding carboxylic acids is 1. The van der Waals surface area contributed by atoms with E-state index in [1.54, 1.807) is 0 Å². The summed E-state index contributed by atoms with van der Waals surface area (Å²) < 4.78 is 1.12. The summed E-state index contributed by atoms with van der Waals surface area (Å²) in [5.41, 5.74) is 1.84. The van der Waals surface area contributed by atoms with Gasteiger partial charge in [0, 0.05) is 32.8 Å². The number of anilines is 1. The lowest BCUT2D eigenvalue weighted by molar-refractivity contribution is 0.0951. The fraction of sp³-hybridized carbons (Fsp3) is 0.235. The van der Waals surface area contributed by atoms with Crippen LogP contribution in [0.3, 0.4) is 0 Å². The molecule has 2 rings (SSSR count). The molecule has 1 heterocycles. The van der Waals surface area contributed by atoms with Crippen molar-refractivity contribution in [3.8, 4) is 11.8 Å². The predicted molar refractivity (Wildman–Crippen MR) is 89.5 cm³/mol. The third-order valence-electron chi connectivity index (χ3n) is 3.14. The summed E-state index contributed by atoms with van der Waals surface area (Å²) in [6.45, 7) is 0.200. The number of hydrogen-bond donors (Lipinski definition) is 1. The largest absolute Gasteiger partial charge is 0.377 e. The van der Waals surface area contributed by atoms with E-state index in [0.717, 1.165) is 15.9 Å². The molecule has 0 aliphatic rings. The van der Waals surface area contributed by atoms with Crippen LogP contribution in [0.1, 0.15) is 16.1 Å². The molecule has 23 heavy (non-hydrogen) atoms. The second kappa shape index (κ2) is 7.27. The highest BCUT2D eigenvalue weighted by atomic mass is 16.2. The zero-order valence-electron chi connectivity index (χ0n) is 13.3. The standard InChI is InChI=1S/C17H18N4O2/c1-20(2)15-9-5-4-7-13(15)8-6-12-18-17(23)14-10-11-16(22)21(3)19-14/h4-5,7,9-11H,12H2,1-3H3,(H,18,23). The van der Waals surface area contributed by atoms with Crippen molar-refractivity contribution in [1.29, 1.82) is 0 Å². The number of amides is 1. The highest BCUT2D eigenvalue weighted by Crippen LogP contribution is 2.16. The van der Waals surface area contributed by atoms with Crippen LogP contribution in [0.5, 0.6) is 0 Å². The lowest BCUT2D eigenvalue weighted by atomic mass is 10.1. The molecule has 0 unspecified atom stereocenters. The minimum absolute atomic E-state index is 0.183. The molecule has 0 spiro atoms. The average Bonchev–Trinajstić information content (AvgIpc) is 2.54. The van der Waals surface area contributed by atoms with E-state index in [2.05, 4.69) is 22.3 Å². The maximum absolute atomic E-state index is 11.9. The van der Waals surface area contributed by atoms with Crippen molar-refractivity contribution in [2.75, 3.05) is 25.5 Å². The molecular formula is C17H18N4O2. The van der Waals surface area contributed by atoms with Crippen LogP contribution in [-0.4, -0.2) is 36.3 Å². The Balaban J connectivity index is 2.02. The van der Waals surface area contributed by atoms with Crippen LogP contribution in [0.4, 0.5) is 5.69 Å². The maximum atomic E-state index is 11.9. The normalized spacial score (nSPS) is 9.70. The maximum Gasteiger partial charge on any atom is 0.272 e. The molecule has 1 aromatic carbocycles. The average molecular weight is 310 g/mol. The number of aromatic nitrogens is 2. The number of para-hydroxylation sites is 1. The Kier molecular flexibility index (Phi) is 5.15. The minimum atomic E-state index is -0.365. The van der Waals surface area contributed by atoms with Gasteiger partial charge < -0.3 is 10.2 Å². The highest BCUT2D eigenvalue weighted by molar-refractivity contribution is 5.92. The summed E-state index contributed by atoms with van der Waals surface area (Å²) in [6, 6.07) is 10.5. The Morgan fingerprint density at radius 3 is 2.70 bits per heavy atom. The Labute approximate surface area is 134 Å². The van der Waals surface area contributed by atoms with Gasteiger partial charge in [0.1, 0.15) is 5.69 Å². The SMILES string of the molecule is CN(C)c1ccccc1C#CCNC(=O)c1ccc(=O)n(C)n1. The zero-order valence-corrected chi connectivity index (χ0v) is 13.3. The van der Waals surface area contributed by atoms with Gasteiger partial charge in [-0.1, -0.05) is 24.0 Å². The number of aryl methyl sites for hydroxylation is 1. The van der Waals surface area contributed by atoms with Crippen molar-refractivity contribution in [2.45, 2.75) is 0 Å². The minimum Gasteiger partial charge on any atom is -0.377 e. The van der Waals surface area contributed by atoms with Crippen molar-refractivity contribution in [3.05, 3.63) is 58.0 Å². The molecule has 118 valence electrons.